The lowest BCUT2D eigenvalue weighted by Gasteiger charge is -2.12. The fourth-order valence-corrected chi connectivity index (χ4v) is 5.05. The number of nitrogens with one attached hydrogen (secondary N) is 3. The SMILES string of the molecule is C=c1[nH]nc(-c2cc3c(-c4cc(F)cc(CNS(=C)(=C)C)c4)nccc3[nH]2)/c1=C/C(=C\C)c1cnc(C)n1C. The zero-order valence-electron chi connectivity index (χ0n) is 22.6. The molecule has 4 heterocycles. The van der Waals surface area contributed by atoms with E-state index in [-0.39, 0.29) is 5.82 Å². The van der Waals surface area contributed by atoms with E-state index in [4.69, 9.17) is 0 Å². The summed E-state index contributed by atoms with van der Waals surface area (Å²) in [6.07, 6.45) is 9.65. The zero-order chi connectivity index (χ0) is 27.9. The van der Waals surface area contributed by atoms with Gasteiger partial charge in [0.15, 0.2) is 0 Å². The van der Waals surface area contributed by atoms with Crippen molar-refractivity contribution in [1.82, 2.24) is 34.4 Å². The Kier molecular flexibility index (Phi) is 6.88. The predicted molar refractivity (Wildman–Crippen MR) is 164 cm³/mol. The Hall–Kier alpha value is -4.21. The van der Waals surface area contributed by atoms with Crippen molar-refractivity contribution in [2.24, 2.45) is 7.05 Å². The molecule has 200 valence electrons. The van der Waals surface area contributed by atoms with Gasteiger partial charge in [0.2, 0.25) is 0 Å². The molecule has 0 fully saturated rings. The van der Waals surface area contributed by atoms with Crippen molar-refractivity contribution < 1.29 is 4.39 Å². The third-order valence-electron chi connectivity index (χ3n) is 6.67. The van der Waals surface area contributed by atoms with Crippen LogP contribution in [0.2, 0.25) is 0 Å². The van der Waals surface area contributed by atoms with E-state index in [0.29, 0.717) is 23.2 Å². The van der Waals surface area contributed by atoms with E-state index in [1.165, 1.54) is 12.1 Å². The molecule has 3 N–H and O–H groups in total. The smallest absolute Gasteiger partial charge is 0.124 e. The van der Waals surface area contributed by atoms with Gasteiger partial charge in [-0.2, -0.15) is 14.5 Å². The third kappa shape index (κ3) is 5.36. The summed E-state index contributed by atoms with van der Waals surface area (Å²) in [5.41, 5.74) is 6.61. The van der Waals surface area contributed by atoms with Crippen LogP contribution in [-0.4, -0.2) is 47.7 Å². The number of hydrogen-bond acceptors (Lipinski definition) is 4. The molecule has 1 aromatic carbocycles. The quantitative estimate of drug-likeness (QED) is 0.267. The number of aromatic nitrogens is 6. The lowest BCUT2D eigenvalue weighted by molar-refractivity contribution is 0.625. The maximum Gasteiger partial charge on any atom is 0.124 e. The molecule has 0 saturated carbocycles. The number of H-pyrrole nitrogens is 2. The second-order valence-corrected chi connectivity index (χ2v) is 12.7. The van der Waals surface area contributed by atoms with Gasteiger partial charge in [-0.25, -0.2) is 9.37 Å². The zero-order valence-corrected chi connectivity index (χ0v) is 23.4. The Balaban J connectivity index is 1.61. The molecule has 0 aliphatic rings. The molecular weight excluding hydrogens is 509 g/mol. The maximum atomic E-state index is 14.7. The largest absolute Gasteiger partial charge is 0.353 e. The van der Waals surface area contributed by atoms with Gasteiger partial charge in [-0.3, -0.25) is 14.8 Å². The van der Waals surface area contributed by atoms with Crippen LogP contribution in [0.4, 0.5) is 4.39 Å². The van der Waals surface area contributed by atoms with Crippen LogP contribution in [0.1, 0.15) is 24.0 Å². The Morgan fingerprint density at radius 1 is 1.18 bits per heavy atom. The molecule has 5 rings (SSSR count). The number of benzene rings is 1. The summed E-state index contributed by atoms with van der Waals surface area (Å²) < 4.78 is 20.0. The average molecular weight is 542 g/mol. The molecule has 0 spiro atoms. The molecule has 39 heavy (non-hydrogen) atoms. The highest BCUT2D eigenvalue weighted by Gasteiger charge is 2.15. The minimum atomic E-state index is -1.43. The molecule has 4 aromatic heterocycles. The van der Waals surface area contributed by atoms with Crippen molar-refractivity contribution in [2.75, 3.05) is 6.26 Å². The first-order valence-electron chi connectivity index (χ1n) is 12.4. The summed E-state index contributed by atoms with van der Waals surface area (Å²) in [4.78, 5) is 12.5. The normalized spacial score (nSPS) is 13.1. The van der Waals surface area contributed by atoms with Crippen molar-refractivity contribution in [3.8, 4) is 22.6 Å². The highest BCUT2D eigenvalue weighted by molar-refractivity contribution is 8.25. The topological polar surface area (TPSA) is 87.2 Å². The van der Waals surface area contributed by atoms with E-state index < -0.39 is 9.39 Å². The second-order valence-electron chi connectivity index (χ2n) is 9.85. The second kappa shape index (κ2) is 10.2. The fourth-order valence-electron chi connectivity index (χ4n) is 4.54. The minimum Gasteiger partial charge on any atom is -0.353 e. The van der Waals surface area contributed by atoms with Crippen molar-refractivity contribution in [3.63, 3.8) is 0 Å². The summed E-state index contributed by atoms with van der Waals surface area (Å²) in [5, 5.41) is 10.0. The number of hydrogen-bond donors (Lipinski definition) is 3. The van der Waals surface area contributed by atoms with Crippen LogP contribution in [0, 0.1) is 12.7 Å². The first-order valence-corrected chi connectivity index (χ1v) is 14.8. The van der Waals surface area contributed by atoms with Crippen LogP contribution in [-0.2, 0) is 13.6 Å². The molecule has 5 aromatic rings. The number of allylic oxidation sites excluding steroid dienone is 2. The van der Waals surface area contributed by atoms with Crippen molar-refractivity contribution in [1.29, 1.82) is 0 Å². The monoisotopic (exact) mass is 541 g/mol. The molecule has 9 heteroatoms. The van der Waals surface area contributed by atoms with E-state index in [0.717, 1.165) is 50.2 Å². The van der Waals surface area contributed by atoms with Gasteiger partial charge in [0.25, 0.3) is 0 Å². The molecule has 0 aliphatic carbocycles. The number of nitrogens with zero attached hydrogens (tertiary/aromatic N) is 4. The van der Waals surface area contributed by atoms with Gasteiger partial charge in [-0.1, -0.05) is 24.4 Å². The van der Waals surface area contributed by atoms with Crippen LogP contribution >= 0.6 is 9.39 Å². The predicted octanol–water partition coefficient (Wildman–Crippen LogP) is 4.40. The fraction of sp³-hybridized carbons (Fsp3) is 0.167. The number of aromatic amines is 2. The summed E-state index contributed by atoms with van der Waals surface area (Å²) >= 11 is 0. The van der Waals surface area contributed by atoms with Crippen LogP contribution in [0.3, 0.4) is 0 Å². The molecule has 0 bridgehead atoms. The van der Waals surface area contributed by atoms with Crippen molar-refractivity contribution in [3.05, 3.63) is 82.3 Å². The van der Waals surface area contributed by atoms with Gasteiger partial charge in [0.05, 0.1) is 28.6 Å². The Morgan fingerprint density at radius 3 is 2.67 bits per heavy atom. The van der Waals surface area contributed by atoms with Crippen molar-refractivity contribution >= 4 is 50.3 Å². The van der Waals surface area contributed by atoms with E-state index in [1.807, 2.05) is 62.2 Å². The van der Waals surface area contributed by atoms with E-state index >= 15 is 0 Å². The number of fused-ring (bicyclic) bond motifs is 1. The van der Waals surface area contributed by atoms with Gasteiger partial charge in [-0.05, 0) is 67.6 Å². The number of rotatable bonds is 7. The molecule has 0 radical (unpaired) electrons. The van der Waals surface area contributed by atoms with Crippen LogP contribution in [0.25, 0.3) is 51.8 Å². The van der Waals surface area contributed by atoms with Crippen LogP contribution in [0.5, 0.6) is 0 Å². The molecule has 0 saturated heterocycles. The Bertz CT molecular complexity index is 1960. The Labute approximate surface area is 227 Å². The highest BCUT2D eigenvalue weighted by atomic mass is 32.2. The van der Waals surface area contributed by atoms with Crippen molar-refractivity contribution in [2.45, 2.75) is 20.4 Å². The maximum absolute atomic E-state index is 14.7. The molecule has 0 atom stereocenters. The van der Waals surface area contributed by atoms with Gasteiger partial charge in [0.1, 0.15) is 17.3 Å². The highest BCUT2D eigenvalue weighted by Crippen LogP contribution is 2.31. The molecule has 0 unspecified atom stereocenters. The Morgan fingerprint density at radius 2 is 1.97 bits per heavy atom. The first-order chi connectivity index (χ1) is 18.5. The van der Waals surface area contributed by atoms with Gasteiger partial charge in [0, 0.05) is 41.5 Å². The first kappa shape index (κ1) is 26.4. The minimum absolute atomic E-state index is 0.320. The van der Waals surface area contributed by atoms with E-state index in [1.54, 1.807) is 6.20 Å². The number of halogens is 1. The third-order valence-corrected chi connectivity index (χ3v) is 7.51. The number of pyridine rings is 1. The number of imidazole rings is 1. The standard InChI is InChI=1S/C30H32FN7S/c1-8-21(28-17-33-19(3)38(28)4)14-24-18(2)36-37-30(24)27-15-25-26(35-27)9-10-32-29(25)22-11-20(12-23(31)13-22)16-34-39(5,6)7/h8-15,17,34-36H,2,5-6,16H2,1,3-4,7H3/b21-8+,24-14+. The van der Waals surface area contributed by atoms with Crippen LogP contribution in [0.15, 0.2) is 48.8 Å². The lowest BCUT2D eigenvalue weighted by atomic mass is 10.0. The van der Waals surface area contributed by atoms with E-state index in [2.05, 4.69) is 54.3 Å². The molecule has 0 aliphatic heterocycles. The average Bonchev–Trinajstić information content (AvgIpc) is 3.57. The number of aryl methyl sites for hydroxylation is 1. The molecule has 0 amide bonds. The van der Waals surface area contributed by atoms with Gasteiger partial charge >= 0.3 is 0 Å². The molecule has 7 nitrogen and oxygen atoms in total. The van der Waals surface area contributed by atoms with Crippen LogP contribution < -0.4 is 15.3 Å². The summed E-state index contributed by atoms with van der Waals surface area (Å²) in [6.45, 7) is 8.61. The van der Waals surface area contributed by atoms with E-state index in [9.17, 15) is 4.39 Å². The van der Waals surface area contributed by atoms with Gasteiger partial charge in [-0.15, -0.1) is 0 Å². The lowest BCUT2D eigenvalue weighted by Crippen LogP contribution is -2.22. The summed E-state index contributed by atoms with van der Waals surface area (Å²) in [6, 6.07) is 8.89. The summed E-state index contributed by atoms with van der Waals surface area (Å²) in [5.74, 6) is 8.70. The van der Waals surface area contributed by atoms with Gasteiger partial charge < -0.3 is 9.55 Å². The summed E-state index contributed by atoms with van der Waals surface area (Å²) in [7, 11) is 0.568. The molecular formula is C30H32FN7S.